The van der Waals surface area contributed by atoms with Gasteiger partial charge in [-0.05, 0) is 98.5 Å². The van der Waals surface area contributed by atoms with Crippen molar-refractivity contribution in [1.82, 2.24) is 0 Å². The van der Waals surface area contributed by atoms with Crippen LogP contribution in [0.15, 0.2) is 12.1 Å². The molecule has 2 aliphatic rings. The first-order chi connectivity index (χ1) is 11.1. The van der Waals surface area contributed by atoms with Gasteiger partial charge in [-0.3, -0.25) is 4.39 Å². The Bertz CT molecular complexity index is 512. The van der Waals surface area contributed by atoms with Gasteiger partial charge in [0.15, 0.2) is 0 Å². The molecule has 2 fully saturated rings. The van der Waals surface area contributed by atoms with Gasteiger partial charge in [0.05, 0.1) is 6.67 Å². The molecule has 1 aromatic carbocycles. The predicted molar refractivity (Wildman–Crippen MR) is 81.9 cm³/mol. The number of hydrogen-bond donors (Lipinski definition) is 0. The fraction of sp³-hybridized carbons (Fsp3) is 0.684. The molecule has 128 valence electrons. The molecule has 0 saturated heterocycles. The topological polar surface area (TPSA) is 23.1 Å². The normalized spacial score (nSPS) is 30.6. The first-order valence-electron chi connectivity index (χ1n) is 8.80. The van der Waals surface area contributed by atoms with Gasteiger partial charge < -0.3 is 5.11 Å². The van der Waals surface area contributed by atoms with Gasteiger partial charge >= 0.3 is 29.6 Å². The molecule has 0 aromatic heterocycles. The third kappa shape index (κ3) is 4.50. The quantitative estimate of drug-likeness (QED) is 0.767. The number of alkyl halides is 1. The summed E-state index contributed by atoms with van der Waals surface area (Å²) < 4.78 is 39.6. The van der Waals surface area contributed by atoms with Crippen LogP contribution in [0.3, 0.4) is 0 Å². The van der Waals surface area contributed by atoms with Crippen LogP contribution in [-0.4, -0.2) is 6.67 Å². The Hall–Kier alpha value is -0.190. The largest absolute Gasteiger partial charge is 1.00 e. The van der Waals surface area contributed by atoms with Gasteiger partial charge in [-0.2, -0.15) is 0 Å². The third-order valence-electron chi connectivity index (χ3n) is 6.04. The zero-order chi connectivity index (χ0) is 16.4. The maximum absolute atomic E-state index is 13.4. The minimum Gasteiger partial charge on any atom is -0.869 e. The standard InChI is InChI=1S/C19H25F3O.Na/c20-11-12-1-3-13(4-2-12)14-5-7-15(8-6-14)16-9-17(21)19(23)18(22)10-16;/h9-10,12-15,23H,1-8,11H2;/q;+1/p-1. The molecule has 0 atom stereocenters. The molecular weight excluding hydrogens is 324 g/mol. The van der Waals surface area contributed by atoms with Crippen molar-refractivity contribution in [2.75, 3.05) is 6.67 Å². The molecule has 0 amide bonds. The fourth-order valence-corrected chi connectivity index (χ4v) is 4.55. The first-order valence-corrected chi connectivity index (χ1v) is 8.80. The van der Waals surface area contributed by atoms with Gasteiger partial charge in [0.2, 0.25) is 0 Å². The second-order valence-corrected chi connectivity index (χ2v) is 7.36. The maximum Gasteiger partial charge on any atom is 1.00 e. The summed E-state index contributed by atoms with van der Waals surface area (Å²) in [6, 6.07) is 2.42. The van der Waals surface area contributed by atoms with Crippen LogP contribution in [0.1, 0.15) is 62.8 Å². The molecule has 2 aliphatic carbocycles. The monoisotopic (exact) mass is 348 g/mol. The average molecular weight is 348 g/mol. The molecule has 0 N–H and O–H groups in total. The summed E-state index contributed by atoms with van der Waals surface area (Å²) in [6.07, 6.45) is 8.23. The van der Waals surface area contributed by atoms with E-state index < -0.39 is 17.4 Å². The second kappa shape index (κ2) is 8.95. The molecule has 2 saturated carbocycles. The molecule has 0 unspecified atom stereocenters. The minimum atomic E-state index is -1.13. The van der Waals surface area contributed by atoms with Crippen molar-refractivity contribution in [2.24, 2.45) is 17.8 Å². The summed E-state index contributed by atoms with van der Waals surface area (Å²) >= 11 is 0. The molecular formula is C19H24F3NaO. The van der Waals surface area contributed by atoms with Crippen LogP contribution in [0.2, 0.25) is 0 Å². The Balaban J connectivity index is 0.00000208. The Morgan fingerprint density at radius 2 is 1.29 bits per heavy atom. The Morgan fingerprint density at radius 1 is 0.833 bits per heavy atom. The molecule has 24 heavy (non-hydrogen) atoms. The molecule has 0 aliphatic heterocycles. The van der Waals surface area contributed by atoms with E-state index in [1.165, 1.54) is 12.1 Å². The van der Waals surface area contributed by atoms with Crippen molar-refractivity contribution in [3.05, 3.63) is 29.3 Å². The van der Waals surface area contributed by atoms with Crippen molar-refractivity contribution >= 4 is 0 Å². The van der Waals surface area contributed by atoms with Crippen molar-refractivity contribution in [2.45, 2.75) is 57.3 Å². The zero-order valence-electron chi connectivity index (χ0n) is 14.4. The fourth-order valence-electron chi connectivity index (χ4n) is 4.55. The van der Waals surface area contributed by atoms with Crippen LogP contribution in [0.4, 0.5) is 13.2 Å². The van der Waals surface area contributed by atoms with Gasteiger partial charge in [0.1, 0.15) is 11.6 Å². The molecule has 5 heteroatoms. The number of hydrogen-bond acceptors (Lipinski definition) is 1. The van der Waals surface area contributed by atoms with E-state index in [0.29, 0.717) is 17.4 Å². The van der Waals surface area contributed by atoms with Crippen LogP contribution in [0, 0.1) is 29.4 Å². The van der Waals surface area contributed by atoms with Crippen molar-refractivity contribution in [3.8, 4) is 5.75 Å². The smallest absolute Gasteiger partial charge is 0.869 e. The number of benzene rings is 1. The Labute approximate surface area is 164 Å². The average Bonchev–Trinajstić information content (AvgIpc) is 2.59. The van der Waals surface area contributed by atoms with Gasteiger partial charge in [0.25, 0.3) is 0 Å². The van der Waals surface area contributed by atoms with E-state index in [9.17, 15) is 18.3 Å². The van der Waals surface area contributed by atoms with Gasteiger partial charge in [-0.1, -0.05) is 0 Å². The molecule has 1 nitrogen and oxygen atoms in total. The minimum absolute atomic E-state index is 0. The summed E-state index contributed by atoms with van der Waals surface area (Å²) in [5, 5.41) is 11.1. The van der Waals surface area contributed by atoms with E-state index in [4.69, 9.17) is 0 Å². The summed E-state index contributed by atoms with van der Waals surface area (Å²) in [4.78, 5) is 0. The van der Waals surface area contributed by atoms with Crippen LogP contribution in [0.5, 0.6) is 5.75 Å². The van der Waals surface area contributed by atoms with Crippen LogP contribution in [0.25, 0.3) is 0 Å². The van der Waals surface area contributed by atoms with Crippen molar-refractivity contribution < 1.29 is 47.8 Å². The second-order valence-electron chi connectivity index (χ2n) is 7.36. The van der Waals surface area contributed by atoms with E-state index in [1.807, 2.05) is 0 Å². The summed E-state index contributed by atoms with van der Waals surface area (Å²) in [7, 11) is 0. The zero-order valence-corrected chi connectivity index (χ0v) is 16.4. The molecule has 3 rings (SSSR count). The molecule has 0 heterocycles. The summed E-state index contributed by atoms with van der Waals surface area (Å²) in [5.74, 6) is -1.32. The van der Waals surface area contributed by atoms with Crippen LogP contribution in [-0.2, 0) is 0 Å². The third-order valence-corrected chi connectivity index (χ3v) is 6.04. The molecule has 1 aromatic rings. The van der Waals surface area contributed by atoms with E-state index in [-0.39, 0.29) is 48.1 Å². The summed E-state index contributed by atoms with van der Waals surface area (Å²) in [6.45, 7) is -0.188. The van der Waals surface area contributed by atoms with Gasteiger partial charge in [-0.25, -0.2) is 8.78 Å². The van der Waals surface area contributed by atoms with E-state index in [2.05, 4.69) is 0 Å². The molecule has 0 bridgehead atoms. The predicted octanol–water partition coefficient (Wildman–Crippen LogP) is 2.09. The first kappa shape index (κ1) is 20.1. The van der Waals surface area contributed by atoms with E-state index in [0.717, 1.165) is 51.4 Å². The van der Waals surface area contributed by atoms with Gasteiger partial charge in [0, 0.05) is 0 Å². The van der Waals surface area contributed by atoms with Crippen molar-refractivity contribution in [1.29, 1.82) is 0 Å². The van der Waals surface area contributed by atoms with Crippen LogP contribution >= 0.6 is 0 Å². The Kier molecular flexibility index (Phi) is 7.51. The summed E-state index contributed by atoms with van der Waals surface area (Å²) in [5.41, 5.74) is 0.624. The Morgan fingerprint density at radius 3 is 1.75 bits per heavy atom. The van der Waals surface area contributed by atoms with Crippen LogP contribution < -0.4 is 34.7 Å². The number of halogens is 3. The molecule has 0 radical (unpaired) electrons. The SMILES string of the molecule is [Na+].[O-]c1c(F)cc(C2CCC(C3CCC(CF)CC3)CC2)cc1F. The van der Waals surface area contributed by atoms with Gasteiger partial charge in [-0.15, -0.1) is 0 Å². The maximum atomic E-state index is 13.4. The molecule has 0 spiro atoms. The van der Waals surface area contributed by atoms with E-state index >= 15 is 0 Å². The van der Waals surface area contributed by atoms with Crippen molar-refractivity contribution in [3.63, 3.8) is 0 Å². The van der Waals surface area contributed by atoms with E-state index in [1.54, 1.807) is 0 Å². The number of rotatable bonds is 3.